The van der Waals surface area contributed by atoms with Crippen molar-refractivity contribution >= 4 is 5.91 Å². The first-order chi connectivity index (χ1) is 11.2. The monoisotopic (exact) mass is 310 g/mol. The number of benzene rings is 1. The number of aromatic nitrogens is 1. The molecule has 0 fully saturated rings. The van der Waals surface area contributed by atoms with Crippen LogP contribution in [0.5, 0.6) is 0 Å². The Bertz CT molecular complexity index is 672. The summed E-state index contributed by atoms with van der Waals surface area (Å²) >= 11 is 0. The molecule has 3 rings (SSSR count). The molecule has 4 nitrogen and oxygen atoms in total. The Balaban J connectivity index is 1.57. The van der Waals surface area contributed by atoms with Crippen molar-refractivity contribution in [1.82, 2.24) is 10.3 Å². The molecule has 1 aliphatic rings. The summed E-state index contributed by atoms with van der Waals surface area (Å²) < 4.78 is 0. The second-order valence-electron chi connectivity index (χ2n) is 6.18. The van der Waals surface area contributed by atoms with E-state index in [9.17, 15) is 9.90 Å². The van der Waals surface area contributed by atoms with Crippen LogP contribution in [0.3, 0.4) is 0 Å². The van der Waals surface area contributed by atoms with Crippen LogP contribution in [0.2, 0.25) is 0 Å². The van der Waals surface area contributed by atoms with E-state index in [0.717, 1.165) is 24.0 Å². The van der Waals surface area contributed by atoms with Crippen molar-refractivity contribution in [3.05, 3.63) is 65.5 Å². The van der Waals surface area contributed by atoms with Crippen molar-refractivity contribution < 1.29 is 9.90 Å². The third-order valence-corrected chi connectivity index (χ3v) is 4.50. The van der Waals surface area contributed by atoms with Crippen molar-refractivity contribution in [2.24, 2.45) is 0 Å². The van der Waals surface area contributed by atoms with E-state index in [-0.39, 0.29) is 12.5 Å². The Hall–Kier alpha value is -2.20. The van der Waals surface area contributed by atoms with Gasteiger partial charge in [-0.25, -0.2) is 0 Å². The number of hydrogen-bond donors (Lipinski definition) is 2. The summed E-state index contributed by atoms with van der Waals surface area (Å²) in [5, 5.41) is 13.8. The highest BCUT2D eigenvalue weighted by Gasteiger charge is 2.34. The van der Waals surface area contributed by atoms with Crippen LogP contribution in [0.4, 0.5) is 0 Å². The number of rotatable bonds is 5. The maximum atomic E-state index is 12.1. The molecule has 2 N–H and O–H groups in total. The Labute approximate surface area is 136 Å². The fourth-order valence-corrected chi connectivity index (χ4v) is 3.22. The fraction of sp³-hybridized carbons (Fsp3) is 0.368. The molecule has 0 radical (unpaired) electrons. The number of hydrogen-bond acceptors (Lipinski definition) is 3. The SMILES string of the molecule is O=C(CCc1cccnc1)NC[C@]1(O)CCCc2ccccc21. The number of aliphatic hydroxyl groups is 1. The van der Waals surface area contributed by atoms with Crippen LogP contribution in [0.1, 0.15) is 36.0 Å². The third-order valence-electron chi connectivity index (χ3n) is 4.50. The molecule has 1 aromatic carbocycles. The zero-order valence-electron chi connectivity index (χ0n) is 13.2. The van der Waals surface area contributed by atoms with Crippen LogP contribution in [0.25, 0.3) is 0 Å². The van der Waals surface area contributed by atoms with Crippen molar-refractivity contribution in [3.63, 3.8) is 0 Å². The van der Waals surface area contributed by atoms with E-state index in [4.69, 9.17) is 0 Å². The molecule has 0 bridgehead atoms. The minimum atomic E-state index is -0.946. The molecule has 0 spiro atoms. The smallest absolute Gasteiger partial charge is 0.220 e. The summed E-state index contributed by atoms with van der Waals surface area (Å²) in [7, 11) is 0. The van der Waals surface area contributed by atoms with Gasteiger partial charge in [-0.2, -0.15) is 0 Å². The number of aryl methyl sites for hydroxylation is 2. The standard InChI is InChI=1S/C19H22N2O2/c22-18(10-9-15-5-4-12-20-13-15)21-14-19(23)11-3-7-16-6-1-2-8-17(16)19/h1-2,4-6,8,12-13,23H,3,7,9-11,14H2,(H,21,22)/t19-/m1/s1. The molecule has 1 aromatic heterocycles. The number of nitrogens with zero attached hydrogens (tertiary/aromatic N) is 1. The van der Waals surface area contributed by atoms with Gasteiger partial charge in [0.05, 0.1) is 6.54 Å². The van der Waals surface area contributed by atoms with E-state index in [1.807, 2.05) is 30.3 Å². The van der Waals surface area contributed by atoms with Gasteiger partial charge in [0.25, 0.3) is 0 Å². The van der Waals surface area contributed by atoms with E-state index in [0.29, 0.717) is 19.3 Å². The van der Waals surface area contributed by atoms with Crippen LogP contribution in [-0.2, 0) is 23.2 Å². The molecular weight excluding hydrogens is 288 g/mol. The lowest BCUT2D eigenvalue weighted by Crippen LogP contribution is -2.43. The first kappa shape index (κ1) is 15.7. The van der Waals surface area contributed by atoms with Crippen LogP contribution >= 0.6 is 0 Å². The van der Waals surface area contributed by atoms with Crippen LogP contribution in [0.15, 0.2) is 48.8 Å². The molecule has 1 heterocycles. The first-order valence-electron chi connectivity index (χ1n) is 8.14. The molecular formula is C19H22N2O2. The van der Waals surface area contributed by atoms with Crippen molar-refractivity contribution in [2.45, 2.75) is 37.7 Å². The summed E-state index contributed by atoms with van der Waals surface area (Å²) in [6.45, 7) is 0.274. The molecule has 0 aliphatic heterocycles. The summed E-state index contributed by atoms with van der Waals surface area (Å²) in [4.78, 5) is 16.1. The molecule has 23 heavy (non-hydrogen) atoms. The number of carbonyl (C=O) groups excluding carboxylic acids is 1. The fourth-order valence-electron chi connectivity index (χ4n) is 3.22. The van der Waals surface area contributed by atoms with Gasteiger partial charge >= 0.3 is 0 Å². The topological polar surface area (TPSA) is 62.2 Å². The zero-order valence-corrected chi connectivity index (χ0v) is 13.2. The maximum absolute atomic E-state index is 12.1. The highest BCUT2D eigenvalue weighted by molar-refractivity contribution is 5.76. The van der Waals surface area contributed by atoms with E-state index in [2.05, 4.69) is 16.4 Å². The van der Waals surface area contributed by atoms with Crippen LogP contribution in [0, 0.1) is 0 Å². The average Bonchev–Trinajstić information content (AvgIpc) is 2.60. The Morgan fingerprint density at radius 2 is 2.13 bits per heavy atom. The summed E-state index contributed by atoms with van der Waals surface area (Å²) in [6.07, 6.45) is 7.19. The molecule has 120 valence electrons. The van der Waals surface area contributed by atoms with Gasteiger partial charge in [0.2, 0.25) is 5.91 Å². The molecule has 0 unspecified atom stereocenters. The van der Waals surface area contributed by atoms with Gasteiger partial charge < -0.3 is 10.4 Å². The number of carbonyl (C=O) groups is 1. The van der Waals surface area contributed by atoms with Crippen molar-refractivity contribution in [3.8, 4) is 0 Å². The Morgan fingerprint density at radius 3 is 2.96 bits per heavy atom. The predicted molar refractivity (Wildman–Crippen MR) is 88.8 cm³/mol. The maximum Gasteiger partial charge on any atom is 0.220 e. The number of pyridine rings is 1. The van der Waals surface area contributed by atoms with Gasteiger partial charge in [0, 0.05) is 18.8 Å². The summed E-state index contributed by atoms with van der Waals surface area (Å²) in [5.74, 6) is -0.0367. The van der Waals surface area contributed by atoms with Crippen LogP contribution < -0.4 is 5.32 Å². The van der Waals surface area contributed by atoms with Gasteiger partial charge in [0.15, 0.2) is 0 Å². The van der Waals surface area contributed by atoms with Gasteiger partial charge in [-0.3, -0.25) is 9.78 Å². The van der Waals surface area contributed by atoms with Crippen molar-refractivity contribution in [1.29, 1.82) is 0 Å². The molecule has 4 heteroatoms. The molecule has 1 atom stereocenters. The van der Waals surface area contributed by atoms with E-state index < -0.39 is 5.60 Å². The summed E-state index contributed by atoms with van der Waals surface area (Å²) in [6, 6.07) is 11.8. The normalized spacial score (nSPS) is 19.9. The second kappa shape index (κ2) is 6.92. The summed E-state index contributed by atoms with van der Waals surface area (Å²) in [5.41, 5.74) is 2.24. The number of amides is 1. The number of nitrogens with one attached hydrogen (secondary N) is 1. The lowest BCUT2D eigenvalue weighted by molar-refractivity contribution is -0.122. The van der Waals surface area contributed by atoms with Gasteiger partial charge in [-0.05, 0) is 48.4 Å². The van der Waals surface area contributed by atoms with E-state index >= 15 is 0 Å². The van der Waals surface area contributed by atoms with Crippen molar-refractivity contribution in [2.75, 3.05) is 6.54 Å². The minimum Gasteiger partial charge on any atom is -0.383 e. The first-order valence-corrected chi connectivity index (χ1v) is 8.14. The van der Waals surface area contributed by atoms with E-state index in [1.165, 1.54) is 5.56 Å². The highest BCUT2D eigenvalue weighted by atomic mass is 16.3. The lowest BCUT2D eigenvalue weighted by atomic mass is 9.79. The molecule has 0 saturated heterocycles. The molecule has 1 aliphatic carbocycles. The van der Waals surface area contributed by atoms with Gasteiger partial charge in [-0.15, -0.1) is 0 Å². The van der Waals surface area contributed by atoms with E-state index in [1.54, 1.807) is 12.4 Å². The largest absolute Gasteiger partial charge is 0.383 e. The zero-order chi connectivity index (χ0) is 16.1. The average molecular weight is 310 g/mol. The highest BCUT2D eigenvalue weighted by Crippen LogP contribution is 2.34. The quantitative estimate of drug-likeness (QED) is 0.891. The Kier molecular flexibility index (Phi) is 4.72. The molecule has 2 aromatic rings. The van der Waals surface area contributed by atoms with Gasteiger partial charge in [0.1, 0.15) is 5.60 Å². The minimum absolute atomic E-state index is 0.0367. The molecule has 0 saturated carbocycles. The second-order valence-corrected chi connectivity index (χ2v) is 6.18. The third kappa shape index (κ3) is 3.77. The lowest BCUT2D eigenvalue weighted by Gasteiger charge is -2.34. The molecule has 1 amide bonds. The predicted octanol–water partition coefficient (Wildman–Crippen LogP) is 2.35. The van der Waals surface area contributed by atoms with Gasteiger partial charge in [-0.1, -0.05) is 30.3 Å². The Morgan fingerprint density at radius 1 is 1.26 bits per heavy atom. The van der Waals surface area contributed by atoms with Crippen LogP contribution in [-0.4, -0.2) is 22.5 Å². The number of fused-ring (bicyclic) bond motifs is 1.